The number of amides is 6. The summed E-state index contributed by atoms with van der Waals surface area (Å²) in [5.41, 5.74) is 1.34. The topological polar surface area (TPSA) is 255 Å². The summed E-state index contributed by atoms with van der Waals surface area (Å²) in [6.07, 6.45) is -1.97. The largest absolute Gasteiger partial charge is 0.497 e. The highest BCUT2D eigenvalue weighted by Crippen LogP contribution is 2.25. The molecule has 0 fully saturated rings. The van der Waals surface area contributed by atoms with Gasteiger partial charge in [0.2, 0.25) is 0 Å². The lowest BCUT2D eigenvalue weighted by molar-refractivity contribution is 0.00768. The quantitative estimate of drug-likeness (QED) is 0.0129. The molecule has 21 nitrogen and oxygen atoms in total. The van der Waals surface area contributed by atoms with Crippen LogP contribution in [0.2, 0.25) is 0 Å². The second-order valence-electron chi connectivity index (χ2n) is 27.3. The highest BCUT2D eigenvalue weighted by molar-refractivity contribution is 6.07. The van der Waals surface area contributed by atoms with Crippen LogP contribution in [0.1, 0.15) is 188 Å². The number of methoxy groups -OCH3 is 2. The molecule has 4 atom stereocenters. The van der Waals surface area contributed by atoms with Gasteiger partial charge in [0.15, 0.2) is 5.78 Å². The molecule has 6 aromatic rings. The predicted molar refractivity (Wildman–Crippen MR) is 389 cm³/mol. The Morgan fingerprint density at radius 2 is 0.788 bits per heavy atom. The van der Waals surface area contributed by atoms with E-state index in [0.717, 1.165) is 43.2 Å². The number of aliphatic hydroxyl groups is 2. The fourth-order valence-electron chi connectivity index (χ4n) is 11.2. The molecule has 0 saturated carbocycles. The fraction of sp³-hybridized carbons (Fsp3) is 0.443. The molecule has 25 heteroatoms. The lowest BCUT2D eigenvalue weighted by atomic mass is 9.98. The minimum Gasteiger partial charge on any atom is -0.497 e. The summed E-state index contributed by atoms with van der Waals surface area (Å²) < 4.78 is 79.1. The summed E-state index contributed by atoms with van der Waals surface area (Å²) in [6, 6.07) is 26.2. The zero-order valence-corrected chi connectivity index (χ0v) is 62.3. The van der Waals surface area contributed by atoms with Gasteiger partial charge in [-0.1, -0.05) is 57.1 Å². The van der Waals surface area contributed by atoms with Gasteiger partial charge in [0.25, 0.3) is 23.6 Å². The lowest BCUT2D eigenvalue weighted by Crippen LogP contribution is -2.51. The van der Waals surface area contributed by atoms with Crippen molar-refractivity contribution in [3.05, 3.63) is 200 Å². The lowest BCUT2D eigenvalue weighted by Gasteiger charge is -2.32. The van der Waals surface area contributed by atoms with Crippen molar-refractivity contribution in [2.45, 2.75) is 170 Å². The molecule has 0 radical (unpaired) electrons. The maximum absolute atomic E-state index is 14.3. The number of benzene rings is 6. The van der Waals surface area contributed by atoms with Gasteiger partial charge in [-0.2, -0.15) is 0 Å². The molecule has 6 rings (SSSR count). The van der Waals surface area contributed by atoms with Gasteiger partial charge >= 0.3 is 12.2 Å². The third-order valence-electron chi connectivity index (χ3n) is 15.9. The van der Waals surface area contributed by atoms with Crippen LogP contribution in [0.5, 0.6) is 11.5 Å². The van der Waals surface area contributed by atoms with Crippen molar-refractivity contribution in [2.75, 3.05) is 60.6 Å². The Morgan fingerprint density at radius 1 is 0.452 bits per heavy atom. The molecule has 0 aromatic heterocycles. The number of rotatable bonds is 33. The molecule has 0 aliphatic rings. The van der Waals surface area contributed by atoms with Crippen LogP contribution in [-0.2, 0) is 40.2 Å². The SMILES string of the molecule is CCCN(CCC)C(=O)c1cc(C(=O)N[C@@H](Cc2cc(F)cc(F)c2)[C@H](O)CN(Cc2cccc(OC)c2)C(=O)OC(C)(C)C)cc(/C(C)=N/OC)c1.CCCN(CCC)C(=O)c1cc(C(C)=O)cc(C(=O)N[C@@H](Cc2cc(F)cc(F)c2)[C@H](O)CN(Cc2cccc(OC)c2)C(=O)OC(C)(C)C)c1. The van der Waals surface area contributed by atoms with Crippen molar-refractivity contribution < 1.29 is 85.1 Å². The van der Waals surface area contributed by atoms with E-state index in [-0.39, 0.29) is 95.6 Å². The molecule has 0 unspecified atom stereocenters. The van der Waals surface area contributed by atoms with Gasteiger partial charge in [0.05, 0.1) is 57.3 Å². The van der Waals surface area contributed by atoms with Crippen molar-refractivity contribution in [1.82, 2.24) is 30.2 Å². The molecule has 104 heavy (non-hydrogen) atoms. The molecule has 0 aliphatic heterocycles. The summed E-state index contributed by atoms with van der Waals surface area (Å²) in [4.78, 5) is 105. The van der Waals surface area contributed by atoms with Gasteiger partial charge in [-0.15, -0.1) is 0 Å². The van der Waals surface area contributed by atoms with Crippen molar-refractivity contribution >= 4 is 47.3 Å². The maximum atomic E-state index is 14.3. The number of ketones is 1. The summed E-state index contributed by atoms with van der Waals surface area (Å²) >= 11 is 0. The number of nitrogens with zero attached hydrogens (tertiary/aromatic N) is 5. The summed E-state index contributed by atoms with van der Waals surface area (Å²) in [7, 11) is 4.41. The van der Waals surface area contributed by atoms with Crippen LogP contribution >= 0.6 is 0 Å². The van der Waals surface area contributed by atoms with E-state index in [4.69, 9.17) is 23.8 Å². The molecule has 0 saturated heterocycles. The van der Waals surface area contributed by atoms with Gasteiger partial charge in [-0.05, 0) is 201 Å². The Balaban J connectivity index is 0.000000374. The van der Waals surface area contributed by atoms with Crippen LogP contribution in [0.25, 0.3) is 0 Å². The Bertz CT molecular complexity index is 3880. The Hall–Kier alpha value is -9.88. The minimum atomic E-state index is -1.49. The van der Waals surface area contributed by atoms with Crippen LogP contribution in [0, 0.1) is 23.3 Å². The zero-order chi connectivity index (χ0) is 77.2. The van der Waals surface area contributed by atoms with E-state index in [9.17, 15) is 61.3 Å². The molecule has 0 spiro atoms. The summed E-state index contributed by atoms with van der Waals surface area (Å²) in [5, 5.41) is 33.0. The van der Waals surface area contributed by atoms with E-state index in [1.54, 1.807) is 113 Å². The number of aliphatic hydroxyl groups excluding tert-OH is 2. The molecular weight excluding hydrogens is 1350 g/mol. The number of hydrogen-bond acceptors (Lipinski definition) is 15. The van der Waals surface area contributed by atoms with E-state index in [1.807, 2.05) is 27.7 Å². The van der Waals surface area contributed by atoms with Gasteiger partial charge < -0.3 is 64.2 Å². The normalized spacial score (nSPS) is 12.6. The standard InChI is InChI=1S/C40H52F2N4O7.C39H49F2N3O7/c1-9-14-45(15-10-2)38(49)31-21-29(26(3)44-52-8)20-30(22-31)37(48)43-35(19-28-16-32(41)23-33(42)17-28)36(47)25-46(39(50)53-40(4,5)6)24-27-12-11-13-34(18-27)51-7;1-8-13-43(14-9-2)37(48)30-20-28(25(3)45)19-29(21-30)36(47)42-34(18-27-15-31(40)22-32(41)16-27)35(46)24-44(38(49)51-39(4,5)6)23-26-11-10-12-33(17-26)50-7/h11-13,16-18,20-23,35-36,47H,9-10,14-15,19,24-25H2,1-8H3,(H,43,48);10-12,15-17,19-22,34-35,46H,8-9,13-14,18,23-24H2,1-7H3,(H,42,47)/b44-26+;/t35-,36+;34-,35+/m00/s1. The predicted octanol–water partition coefficient (Wildman–Crippen LogP) is 13.3. The monoisotopic (exact) mass is 1450 g/mol. The van der Waals surface area contributed by atoms with Crippen molar-refractivity contribution in [3.63, 3.8) is 0 Å². The molecule has 0 bridgehead atoms. The second kappa shape index (κ2) is 40.2. The summed E-state index contributed by atoms with van der Waals surface area (Å²) in [6.45, 7) is 22.4. The van der Waals surface area contributed by atoms with Gasteiger partial charge in [0.1, 0.15) is 53.1 Å². The number of oxime groups is 1. The van der Waals surface area contributed by atoms with E-state index in [1.165, 1.54) is 68.4 Å². The van der Waals surface area contributed by atoms with Crippen LogP contribution < -0.4 is 20.1 Å². The van der Waals surface area contributed by atoms with Gasteiger partial charge in [-0.3, -0.25) is 24.0 Å². The summed E-state index contributed by atoms with van der Waals surface area (Å²) in [5.74, 6) is -4.66. The first-order valence-electron chi connectivity index (χ1n) is 34.7. The molecule has 0 heterocycles. The van der Waals surface area contributed by atoms with Crippen molar-refractivity contribution in [3.8, 4) is 11.5 Å². The first-order chi connectivity index (χ1) is 49.1. The van der Waals surface area contributed by atoms with E-state index in [0.29, 0.717) is 79.0 Å². The molecule has 0 aliphatic carbocycles. The number of carbonyl (C=O) groups is 7. The minimum absolute atomic E-state index is 0.00339. The average Bonchev–Trinajstić information content (AvgIpc) is 0.818. The maximum Gasteiger partial charge on any atom is 0.410 e. The average molecular weight is 1450 g/mol. The van der Waals surface area contributed by atoms with Gasteiger partial charge in [-0.25, -0.2) is 27.2 Å². The van der Waals surface area contributed by atoms with Crippen molar-refractivity contribution in [2.24, 2.45) is 5.16 Å². The van der Waals surface area contributed by atoms with Crippen LogP contribution in [0.4, 0.5) is 27.2 Å². The zero-order valence-electron chi connectivity index (χ0n) is 62.3. The van der Waals surface area contributed by atoms with E-state index >= 15 is 0 Å². The number of carbonyl (C=O) groups excluding carboxylic acids is 7. The molecule has 6 aromatic carbocycles. The Kier molecular flexibility index (Phi) is 32.8. The van der Waals surface area contributed by atoms with Crippen LogP contribution in [0.15, 0.2) is 126 Å². The molecule has 564 valence electrons. The number of halogens is 4. The molecule has 4 N–H and O–H groups in total. The number of nitrogens with one attached hydrogen (secondary N) is 2. The van der Waals surface area contributed by atoms with Gasteiger partial charge in [0, 0.05) is 84.8 Å². The molecular formula is C79H101F4N7O14. The smallest absolute Gasteiger partial charge is 0.410 e. The third kappa shape index (κ3) is 27.4. The number of ether oxygens (including phenoxy) is 4. The highest BCUT2D eigenvalue weighted by atomic mass is 19.1. The first kappa shape index (κ1) is 84.8. The van der Waals surface area contributed by atoms with Crippen LogP contribution in [0.3, 0.4) is 0 Å². The van der Waals surface area contributed by atoms with Crippen molar-refractivity contribution in [1.29, 1.82) is 0 Å². The fourth-order valence-corrected chi connectivity index (χ4v) is 11.2. The second-order valence-corrected chi connectivity index (χ2v) is 27.3. The Labute approximate surface area is 607 Å². The van der Waals surface area contributed by atoms with Crippen LogP contribution in [-0.4, -0.2) is 173 Å². The van der Waals surface area contributed by atoms with E-state index < -0.39 is 82.8 Å². The van der Waals surface area contributed by atoms with E-state index in [2.05, 4.69) is 15.8 Å². The molecule has 6 amide bonds. The highest BCUT2D eigenvalue weighted by Gasteiger charge is 2.33. The number of Topliss-reactive ketones (excluding diaryl/α,β-unsaturated/α-hetero) is 1. The number of hydrogen-bond donors (Lipinski definition) is 4. The third-order valence-corrected chi connectivity index (χ3v) is 15.9. The first-order valence-corrected chi connectivity index (χ1v) is 34.7. The Morgan fingerprint density at radius 3 is 1.12 bits per heavy atom.